The normalized spacial score (nSPS) is 11.5. The molecular weight excluding hydrogens is 392 g/mol. The third-order valence-corrected chi connectivity index (χ3v) is 3.67. The summed E-state index contributed by atoms with van der Waals surface area (Å²) in [6.07, 6.45) is 0.0479. The molecule has 4 nitrogen and oxygen atoms in total. The van der Waals surface area contributed by atoms with Crippen LogP contribution in [0.15, 0.2) is 53.0 Å². The Bertz CT molecular complexity index is 665. The lowest BCUT2D eigenvalue weighted by Gasteiger charge is -2.14. The lowest BCUT2D eigenvalue weighted by molar-refractivity contribution is 0.0950. The predicted octanol–water partition coefficient (Wildman–Crippen LogP) is 4.09. The Morgan fingerprint density at radius 1 is 1.21 bits per heavy atom. The van der Waals surface area contributed by atoms with Gasteiger partial charge in [0.1, 0.15) is 5.75 Å². The molecule has 0 aliphatic carbocycles. The number of benzene rings is 2. The van der Waals surface area contributed by atoms with Crippen LogP contribution in [0, 0.1) is 0 Å². The van der Waals surface area contributed by atoms with Crippen LogP contribution < -0.4 is 15.8 Å². The second-order valence-corrected chi connectivity index (χ2v) is 6.49. The summed E-state index contributed by atoms with van der Waals surface area (Å²) in [6.45, 7) is 4.26. The van der Waals surface area contributed by atoms with E-state index in [1.807, 2.05) is 50.2 Å². The number of carbonyl (C=O) groups excluding carboxylic acids is 1. The van der Waals surface area contributed by atoms with Crippen molar-refractivity contribution in [1.29, 1.82) is 0 Å². The molecule has 1 amide bonds. The largest absolute Gasteiger partial charge is 0.491 e. The average Bonchev–Trinajstić information content (AvgIpc) is 2.51. The first-order valence-electron chi connectivity index (χ1n) is 7.51. The molecule has 0 spiro atoms. The molecule has 2 aromatic rings. The standard InChI is InChI=1S/C18H21BrN2O2.ClH/c1-12(2)23-16-9-14(8-15(19)10-16)18(22)21-11-17(20)13-6-4-3-5-7-13;/h3-10,12,17H,11,20H2,1-2H3,(H,21,22);1H. The van der Waals surface area contributed by atoms with E-state index in [0.717, 1.165) is 10.0 Å². The quantitative estimate of drug-likeness (QED) is 0.750. The number of hydrogen-bond acceptors (Lipinski definition) is 3. The molecule has 0 radical (unpaired) electrons. The molecule has 0 saturated heterocycles. The van der Waals surface area contributed by atoms with Gasteiger partial charge in [-0.05, 0) is 37.6 Å². The van der Waals surface area contributed by atoms with E-state index in [1.165, 1.54) is 0 Å². The van der Waals surface area contributed by atoms with E-state index in [4.69, 9.17) is 10.5 Å². The van der Waals surface area contributed by atoms with Gasteiger partial charge in [-0.25, -0.2) is 0 Å². The Labute approximate surface area is 157 Å². The van der Waals surface area contributed by atoms with Crippen LogP contribution >= 0.6 is 28.3 Å². The van der Waals surface area contributed by atoms with Crippen molar-refractivity contribution in [1.82, 2.24) is 5.32 Å². The van der Waals surface area contributed by atoms with Gasteiger partial charge in [-0.2, -0.15) is 0 Å². The topological polar surface area (TPSA) is 64.3 Å². The third kappa shape index (κ3) is 6.15. The molecule has 130 valence electrons. The Hall–Kier alpha value is -1.56. The molecule has 2 aromatic carbocycles. The van der Waals surface area contributed by atoms with Crippen LogP contribution in [0.4, 0.5) is 0 Å². The van der Waals surface area contributed by atoms with Gasteiger partial charge in [0.2, 0.25) is 0 Å². The minimum absolute atomic E-state index is 0. The minimum Gasteiger partial charge on any atom is -0.491 e. The van der Waals surface area contributed by atoms with E-state index in [0.29, 0.717) is 17.9 Å². The van der Waals surface area contributed by atoms with Gasteiger partial charge in [-0.3, -0.25) is 4.79 Å². The highest BCUT2D eigenvalue weighted by atomic mass is 79.9. The predicted molar refractivity (Wildman–Crippen MR) is 103 cm³/mol. The number of rotatable bonds is 6. The van der Waals surface area contributed by atoms with Gasteiger partial charge in [0.15, 0.2) is 0 Å². The summed E-state index contributed by atoms with van der Waals surface area (Å²) in [4.78, 5) is 12.3. The lowest BCUT2D eigenvalue weighted by Crippen LogP contribution is -2.31. The van der Waals surface area contributed by atoms with Crippen molar-refractivity contribution in [3.8, 4) is 5.75 Å². The zero-order valence-electron chi connectivity index (χ0n) is 13.7. The number of ether oxygens (including phenoxy) is 1. The summed E-state index contributed by atoms with van der Waals surface area (Å²) in [5.41, 5.74) is 7.63. The number of carbonyl (C=O) groups is 1. The van der Waals surface area contributed by atoms with E-state index < -0.39 is 0 Å². The third-order valence-electron chi connectivity index (χ3n) is 3.22. The second-order valence-electron chi connectivity index (χ2n) is 5.57. The Kier molecular flexibility index (Phi) is 8.25. The Morgan fingerprint density at radius 3 is 2.50 bits per heavy atom. The zero-order valence-corrected chi connectivity index (χ0v) is 16.1. The maximum atomic E-state index is 12.3. The number of nitrogens with one attached hydrogen (secondary N) is 1. The van der Waals surface area contributed by atoms with Crippen molar-refractivity contribution in [2.45, 2.75) is 26.0 Å². The molecule has 2 rings (SSSR count). The lowest BCUT2D eigenvalue weighted by atomic mass is 10.1. The number of halogens is 2. The molecule has 6 heteroatoms. The first-order valence-corrected chi connectivity index (χ1v) is 8.31. The van der Waals surface area contributed by atoms with Gasteiger partial charge in [-0.15, -0.1) is 12.4 Å². The number of amides is 1. The van der Waals surface area contributed by atoms with Gasteiger partial charge >= 0.3 is 0 Å². The molecular formula is C18H22BrClN2O2. The van der Waals surface area contributed by atoms with Gasteiger partial charge in [-0.1, -0.05) is 46.3 Å². The van der Waals surface area contributed by atoms with E-state index in [2.05, 4.69) is 21.2 Å². The fraction of sp³-hybridized carbons (Fsp3) is 0.278. The molecule has 0 aliphatic rings. The van der Waals surface area contributed by atoms with Gasteiger partial charge in [0.25, 0.3) is 5.91 Å². The summed E-state index contributed by atoms with van der Waals surface area (Å²) in [7, 11) is 0. The zero-order chi connectivity index (χ0) is 16.8. The van der Waals surface area contributed by atoms with Crippen LogP contribution in [-0.4, -0.2) is 18.6 Å². The van der Waals surface area contributed by atoms with Crippen molar-refractivity contribution >= 4 is 34.2 Å². The van der Waals surface area contributed by atoms with Gasteiger partial charge < -0.3 is 15.8 Å². The van der Waals surface area contributed by atoms with Crippen molar-refractivity contribution in [2.24, 2.45) is 5.73 Å². The highest BCUT2D eigenvalue weighted by Crippen LogP contribution is 2.22. The van der Waals surface area contributed by atoms with E-state index in [1.54, 1.807) is 12.1 Å². The highest BCUT2D eigenvalue weighted by Gasteiger charge is 2.12. The minimum atomic E-state index is -0.237. The molecule has 24 heavy (non-hydrogen) atoms. The molecule has 0 saturated carbocycles. The SMILES string of the molecule is CC(C)Oc1cc(Br)cc(C(=O)NCC(N)c2ccccc2)c1.Cl. The smallest absolute Gasteiger partial charge is 0.251 e. The molecule has 0 heterocycles. The Morgan fingerprint density at radius 2 is 1.88 bits per heavy atom. The van der Waals surface area contributed by atoms with Crippen LogP contribution in [0.3, 0.4) is 0 Å². The Balaban J connectivity index is 0.00000288. The van der Waals surface area contributed by atoms with Crippen molar-refractivity contribution in [3.63, 3.8) is 0 Å². The average molecular weight is 414 g/mol. The maximum Gasteiger partial charge on any atom is 0.251 e. The fourth-order valence-electron chi connectivity index (χ4n) is 2.16. The summed E-state index contributed by atoms with van der Waals surface area (Å²) in [5, 5.41) is 2.86. The van der Waals surface area contributed by atoms with Crippen molar-refractivity contribution in [2.75, 3.05) is 6.54 Å². The summed E-state index contributed by atoms with van der Waals surface area (Å²) in [5.74, 6) is 0.484. The highest BCUT2D eigenvalue weighted by molar-refractivity contribution is 9.10. The van der Waals surface area contributed by atoms with Crippen LogP contribution in [0.2, 0.25) is 0 Å². The number of hydrogen-bond donors (Lipinski definition) is 2. The van der Waals surface area contributed by atoms with Crippen molar-refractivity contribution in [3.05, 3.63) is 64.1 Å². The first kappa shape index (κ1) is 20.5. The van der Waals surface area contributed by atoms with Gasteiger partial charge in [0, 0.05) is 22.6 Å². The van der Waals surface area contributed by atoms with Crippen LogP contribution in [0.5, 0.6) is 5.75 Å². The number of nitrogens with two attached hydrogens (primary N) is 1. The molecule has 1 unspecified atom stereocenters. The molecule has 1 atom stereocenters. The maximum absolute atomic E-state index is 12.3. The first-order chi connectivity index (χ1) is 11.0. The fourth-order valence-corrected chi connectivity index (χ4v) is 2.63. The summed E-state index contributed by atoms with van der Waals surface area (Å²) in [6, 6.07) is 14.8. The molecule has 0 fully saturated rings. The molecule has 3 N–H and O–H groups in total. The van der Waals surface area contributed by atoms with E-state index >= 15 is 0 Å². The molecule has 0 aromatic heterocycles. The van der Waals surface area contributed by atoms with E-state index in [9.17, 15) is 4.79 Å². The van der Waals surface area contributed by atoms with Crippen molar-refractivity contribution < 1.29 is 9.53 Å². The van der Waals surface area contributed by atoms with Crippen LogP contribution in [0.25, 0.3) is 0 Å². The summed E-state index contributed by atoms with van der Waals surface area (Å²) < 4.78 is 6.45. The molecule has 0 aliphatic heterocycles. The van der Waals surface area contributed by atoms with Gasteiger partial charge in [0.05, 0.1) is 6.10 Å². The second kappa shape index (κ2) is 9.67. The summed E-state index contributed by atoms with van der Waals surface area (Å²) >= 11 is 3.40. The monoisotopic (exact) mass is 412 g/mol. The van der Waals surface area contributed by atoms with E-state index in [-0.39, 0.29) is 30.5 Å². The van der Waals surface area contributed by atoms with Crippen LogP contribution in [0.1, 0.15) is 35.8 Å². The molecule has 0 bridgehead atoms. The van der Waals surface area contributed by atoms with Crippen LogP contribution in [-0.2, 0) is 0 Å².